The van der Waals surface area contributed by atoms with Crippen molar-refractivity contribution < 1.29 is 9.21 Å². The number of halogens is 1. The summed E-state index contributed by atoms with van der Waals surface area (Å²) < 4.78 is 9.56. The minimum Gasteiger partial charge on any atom is -0.451 e. The first-order valence-electron chi connectivity index (χ1n) is 17.0. The van der Waals surface area contributed by atoms with Crippen molar-refractivity contribution in [3.8, 4) is 5.69 Å². The summed E-state index contributed by atoms with van der Waals surface area (Å²) in [4.78, 5) is 37.4. The number of carbonyl (C=O) groups is 1. The second-order valence-electron chi connectivity index (χ2n) is 13.4. The normalized spacial score (nSPS) is 17.8. The average molecular weight is 669 g/mol. The number of aromatic nitrogens is 6. The Morgan fingerprint density at radius 2 is 1.75 bits per heavy atom. The second kappa shape index (κ2) is 14.4. The molecule has 0 spiro atoms. The molecule has 1 atom stereocenters. The van der Waals surface area contributed by atoms with Gasteiger partial charge in [0.2, 0.25) is 0 Å². The Labute approximate surface area is 284 Å². The number of nitrogens with one attached hydrogen (secondary N) is 1. The Hall–Kier alpha value is -4.35. The minimum absolute atomic E-state index is 0.00883. The summed E-state index contributed by atoms with van der Waals surface area (Å²) in [6, 6.07) is 14.0. The van der Waals surface area contributed by atoms with Crippen molar-refractivity contribution >= 4 is 28.5 Å². The van der Waals surface area contributed by atoms with E-state index in [1.165, 1.54) is 44.5 Å². The number of likely N-dealkylation sites (tertiary alicyclic amines) is 1. The van der Waals surface area contributed by atoms with Gasteiger partial charge in [-0.2, -0.15) is 10.2 Å². The van der Waals surface area contributed by atoms with Gasteiger partial charge < -0.3 is 14.6 Å². The quantitative estimate of drug-likeness (QED) is 0.190. The van der Waals surface area contributed by atoms with Crippen LogP contribution in [0.15, 0.2) is 83.1 Å². The van der Waals surface area contributed by atoms with Gasteiger partial charge in [-0.15, -0.1) is 0 Å². The molecule has 1 saturated carbocycles. The number of hydrogen-bond acceptors (Lipinski definition) is 8. The average Bonchev–Trinajstić information content (AvgIpc) is 3.84. The van der Waals surface area contributed by atoms with Crippen molar-refractivity contribution in [1.82, 2.24) is 39.7 Å². The number of fused-ring (bicyclic) bond motifs is 1. The molecule has 0 unspecified atom stereocenters. The van der Waals surface area contributed by atoms with E-state index in [9.17, 15) is 9.59 Å². The maximum atomic E-state index is 13.6. The fourth-order valence-corrected chi connectivity index (χ4v) is 7.86. The summed E-state index contributed by atoms with van der Waals surface area (Å²) in [5.74, 6) is 0.307. The van der Waals surface area contributed by atoms with Crippen LogP contribution in [0.3, 0.4) is 0 Å². The summed E-state index contributed by atoms with van der Waals surface area (Å²) in [5.41, 5.74) is 2.04. The highest BCUT2D eigenvalue weighted by Crippen LogP contribution is 2.47. The standard InChI is InChI=1S/C36H41ClN8O3/c37-28-8-6-26(7-9-28)18-29(42-35(47)34-20-32(46)31-19-30(10-11-33(31)48-34)45-25-39-23-41-45)12-15-43-16-13-36(14-17-43,21-44-24-38-22-40-44)27-4-2-1-3-5-27/h6-11,19-20,22-25,27,29H,1-5,12-18,21H2,(H,42,47)/t29-/m1/s1. The van der Waals surface area contributed by atoms with E-state index in [1.807, 2.05) is 35.3 Å². The summed E-state index contributed by atoms with van der Waals surface area (Å²) in [6.45, 7) is 3.82. The largest absolute Gasteiger partial charge is 0.451 e. The third-order valence-electron chi connectivity index (χ3n) is 10.4. The lowest BCUT2D eigenvalue weighted by molar-refractivity contribution is 0.0104. The summed E-state index contributed by atoms with van der Waals surface area (Å²) in [6.07, 6.45) is 16.7. The lowest BCUT2D eigenvalue weighted by atomic mass is 9.63. The predicted octanol–water partition coefficient (Wildman–Crippen LogP) is 5.71. The van der Waals surface area contributed by atoms with Crippen molar-refractivity contribution in [1.29, 1.82) is 0 Å². The lowest BCUT2D eigenvalue weighted by Crippen LogP contribution is -2.48. The molecule has 2 aromatic carbocycles. The van der Waals surface area contributed by atoms with Crippen LogP contribution in [0.2, 0.25) is 5.02 Å². The molecule has 2 fully saturated rings. The van der Waals surface area contributed by atoms with Gasteiger partial charge in [0.15, 0.2) is 11.2 Å². The van der Waals surface area contributed by atoms with Crippen LogP contribution in [0.5, 0.6) is 0 Å². The maximum Gasteiger partial charge on any atom is 0.287 e. The van der Waals surface area contributed by atoms with Crippen LogP contribution >= 0.6 is 11.6 Å². The van der Waals surface area contributed by atoms with Gasteiger partial charge in [0.25, 0.3) is 5.91 Å². The van der Waals surface area contributed by atoms with Crippen molar-refractivity contribution in [3.05, 3.63) is 100 Å². The fourth-order valence-electron chi connectivity index (χ4n) is 7.73. The highest BCUT2D eigenvalue weighted by atomic mass is 35.5. The number of rotatable bonds is 11. The van der Waals surface area contributed by atoms with E-state index in [-0.39, 0.29) is 22.6 Å². The molecule has 1 N–H and O–H groups in total. The molecule has 0 bridgehead atoms. The maximum absolute atomic E-state index is 13.6. The predicted molar refractivity (Wildman–Crippen MR) is 183 cm³/mol. The zero-order valence-corrected chi connectivity index (χ0v) is 27.8. The van der Waals surface area contributed by atoms with Crippen LogP contribution in [0.25, 0.3) is 16.7 Å². The van der Waals surface area contributed by atoms with Crippen LogP contribution in [-0.4, -0.2) is 66.0 Å². The van der Waals surface area contributed by atoms with Crippen LogP contribution in [0.4, 0.5) is 0 Å². The monoisotopic (exact) mass is 668 g/mol. The highest BCUT2D eigenvalue weighted by molar-refractivity contribution is 6.30. The van der Waals surface area contributed by atoms with Gasteiger partial charge in [-0.1, -0.05) is 43.0 Å². The fraction of sp³-hybridized carbons (Fsp3) is 0.444. The van der Waals surface area contributed by atoms with E-state index in [0.717, 1.165) is 56.9 Å². The molecule has 2 aliphatic rings. The van der Waals surface area contributed by atoms with Gasteiger partial charge >= 0.3 is 0 Å². The second-order valence-corrected chi connectivity index (χ2v) is 13.9. The Morgan fingerprint density at radius 3 is 2.48 bits per heavy atom. The summed E-state index contributed by atoms with van der Waals surface area (Å²) >= 11 is 6.16. The number of amides is 1. The third-order valence-corrected chi connectivity index (χ3v) is 10.7. The van der Waals surface area contributed by atoms with Crippen molar-refractivity contribution in [2.75, 3.05) is 19.6 Å². The zero-order chi connectivity index (χ0) is 32.9. The van der Waals surface area contributed by atoms with Gasteiger partial charge in [-0.3, -0.25) is 14.3 Å². The van der Waals surface area contributed by atoms with Gasteiger partial charge in [0.1, 0.15) is 30.9 Å². The number of nitrogens with zero attached hydrogens (tertiary/aromatic N) is 7. The Morgan fingerprint density at radius 1 is 0.979 bits per heavy atom. The zero-order valence-electron chi connectivity index (χ0n) is 27.0. The molecule has 7 rings (SSSR count). The van der Waals surface area contributed by atoms with Crippen LogP contribution in [-0.2, 0) is 13.0 Å². The molecule has 1 aliphatic heterocycles. The third kappa shape index (κ3) is 7.37. The van der Waals surface area contributed by atoms with Crippen molar-refractivity contribution in [3.63, 3.8) is 0 Å². The summed E-state index contributed by atoms with van der Waals surface area (Å²) in [7, 11) is 0. The Kier molecular flexibility index (Phi) is 9.67. The molecule has 48 heavy (non-hydrogen) atoms. The molecule has 3 aromatic heterocycles. The number of hydrogen-bond donors (Lipinski definition) is 1. The minimum atomic E-state index is -0.406. The van der Waals surface area contributed by atoms with E-state index in [1.54, 1.807) is 35.5 Å². The van der Waals surface area contributed by atoms with E-state index < -0.39 is 5.91 Å². The molecule has 1 saturated heterocycles. The molecular weight excluding hydrogens is 628 g/mol. The lowest BCUT2D eigenvalue weighted by Gasteiger charge is -2.48. The van der Waals surface area contributed by atoms with E-state index in [0.29, 0.717) is 28.1 Å². The molecule has 0 radical (unpaired) electrons. The first-order chi connectivity index (χ1) is 23.4. The molecular formula is C36H41ClN8O3. The van der Waals surface area contributed by atoms with Crippen LogP contribution < -0.4 is 10.7 Å². The number of benzene rings is 2. The van der Waals surface area contributed by atoms with Gasteiger partial charge in [-0.05, 0) is 98.8 Å². The molecule has 1 amide bonds. The van der Waals surface area contributed by atoms with Gasteiger partial charge in [0, 0.05) is 30.2 Å². The van der Waals surface area contributed by atoms with E-state index in [4.69, 9.17) is 16.0 Å². The van der Waals surface area contributed by atoms with Crippen molar-refractivity contribution in [2.45, 2.75) is 70.4 Å². The SMILES string of the molecule is O=C(N[C@H](CCN1CCC(Cn2cncn2)(C2CCCCC2)CC1)Cc1ccc(Cl)cc1)c1cc(=O)c2cc(-n3cncn3)ccc2o1. The van der Waals surface area contributed by atoms with Gasteiger partial charge in [-0.25, -0.2) is 14.6 Å². The highest BCUT2D eigenvalue weighted by Gasteiger charge is 2.42. The van der Waals surface area contributed by atoms with Crippen LogP contribution in [0.1, 0.15) is 67.5 Å². The number of piperidine rings is 1. The smallest absolute Gasteiger partial charge is 0.287 e. The molecule has 1 aliphatic carbocycles. The Bertz CT molecular complexity index is 1860. The molecule has 5 aromatic rings. The molecule has 12 heteroatoms. The number of carbonyl (C=O) groups excluding carboxylic acids is 1. The van der Waals surface area contributed by atoms with Gasteiger partial charge in [0.05, 0.1) is 11.1 Å². The van der Waals surface area contributed by atoms with Crippen LogP contribution in [0, 0.1) is 11.3 Å². The van der Waals surface area contributed by atoms with E-state index >= 15 is 0 Å². The van der Waals surface area contributed by atoms with Crippen molar-refractivity contribution in [2.24, 2.45) is 11.3 Å². The summed E-state index contributed by atoms with van der Waals surface area (Å²) in [5, 5.41) is 12.8. The van der Waals surface area contributed by atoms with E-state index in [2.05, 4.69) is 30.4 Å². The Balaban J connectivity index is 1.04. The first kappa shape index (κ1) is 32.2. The topological polar surface area (TPSA) is 124 Å². The molecule has 4 heterocycles. The molecule has 11 nitrogen and oxygen atoms in total. The first-order valence-corrected chi connectivity index (χ1v) is 17.3. The molecule has 250 valence electrons.